The molecule has 3 atom stereocenters. The molecule has 78 valence electrons. The zero-order valence-corrected chi connectivity index (χ0v) is 7.68. The molecule has 0 radical (unpaired) electrons. The van der Waals surface area contributed by atoms with Gasteiger partial charge < -0.3 is 24.4 Å². The number of hydrogen-bond donors (Lipinski definition) is 2. The van der Waals surface area contributed by atoms with Crippen molar-refractivity contribution in [2.24, 2.45) is 0 Å². The minimum Gasteiger partial charge on any atom is -0.388 e. The first-order chi connectivity index (χ1) is 6.20. The molecule has 5 nitrogen and oxygen atoms in total. The summed E-state index contributed by atoms with van der Waals surface area (Å²) < 4.78 is 14.9. The van der Waals surface area contributed by atoms with Gasteiger partial charge in [-0.15, -0.1) is 0 Å². The van der Waals surface area contributed by atoms with Crippen molar-refractivity contribution >= 4 is 0 Å². The van der Waals surface area contributed by atoms with Crippen LogP contribution in [-0.4, -0.2) is 55.1 Å². The summed E-state index contributed by atoms with van der Waals surface area (Å²) in [7, 11) is 0. The third-order valence-corrected chi connectivity index (χ3v) is 1.64. The van der Waals surface area contributed by atoms with Crippen LogP contribution in [0.1, 0.15) is 6.92 Å². The van der Waals surface area contributed by atoms with Crippen molar-refractivity contribution in [1.82, 2.24) is 0 Å². The summed E-state index contributed by atoms with van der Waals surface area (Å²) >= 11 is 0. The molecule has 1 aliphatic heterocycles. The molecule has 0 aliphatic carbocycles. The molecular weight excluding hydrogens is 176 g/mol. The average Bonchev–Trinajstić information content (AvgIpc) is 2.87. The number of rotatable bonds is 7. The third kappa shape index (κ3) is 5.17. The lowest BCUT2D eigenvalue weighted by molar-refractivity contribution is -0.163. The molecule has 0 saturated carbocycles. The van der Waals surface area contributed by atoms with Crippen LogP contribution in [0.3, 0.4) is 0 Å². The Labute approximate surface area is 77.2 Å². The number of hydrogen-bond acceptors (Lipinski definition) is 5. The topological polar surface area (TPSA) is 71.5 Å². The van der Waals surface area contributed by atoms with Gasteiger partial charge in [-0.25, -0.2) is 0 Å². The highest BCUT2D eigenvalue weighted by molar-refractivity contribution is 4.66. The smallest absolute Gasteiger partial charge is 0.180 e. The highest BCUT2D eigenvalue weighted by Gasteiger charge is 2.22. The van der Waals surface area contributed by atoms with E-state index < -0.39 is 12.4 Å². The van der Waals surface area contributed by atoms with Crippen LogP contribution in [0.15, 0.2) is 0 Å². The maximum absolute atomic E-state index is 8.99. The summed E-state index contributed by atoms with van der Waals surface area (Å²) in [5, 5.41) is 17.8. The lowest BCUT2D eigenvalue weighted by atomic mass is 10.4. The summed E-state index contributed by atoms with van der Waals surface area (Å²) in [5.74, 6) is 0. The van der Waals surface area contributed by atoms with E-state index in [2.05, 4.69) is 0 Å². The molecular formula is C8H16O5. The summed E-state index contributed by atoms with van der Waals surface area (Å²) in [6.07, 6.45) is -1.74. The van der Waals surface area contributed by atoms with Crippen LogP contribution in [0.2, 0.25) is 0 Å². The third-order valence-electron chi connectivity index (χ3n) is 1.64. The molecule has 0 amide bonds. The largest absolute Gasteiger partial charge is 0.388 e. The zero-order chi connectivity index (χ0) is 9.68. The lowest BCUT2D eigenvalue weighted by Crippen LogP contribution is -2.27. The Kier molecular flexibility index (Phi) is 4.61. The van der Waals surface area contributed by atoms with Gasteiger partial charge in [0.05, 0.1) is 26.4 Å². The molecule has 1 aliphatic rings. The molecule has 13 heavy (non-hydrogen) atoms. The van der Waals surface area contributed by atoms with E-state index in [4.69, 9.17) is 24.4 Å². The van der Waals surface area contributed by atoms with Crippen molar-refractivity contribution in [1.29, 1.82) is 0 Å². The molecule has 1 rings (SSSR count). The van der Waals surface area contributed by atoms with Gasteiger partial charge in [-0.1, -0.05) is 0 Å². The van der Waals surface area contributed by atoms with Gasteiger partial charge in [0.15, 0.2) is 6.29 Å². The zero-order valence-electron chi connectivity index (χ0n) is 7.68. The molecule has 0 bridgehead atoms. The van der Waals surface area contributed by atoms with Gasteiger partial charge in [-0.2, -0.15) is 0 Å². The Morgan fingerprint density at radius 1 is 1.46 bits per heavy atom. The summed E-state index contributed by atoms with van der Waals surface area (Å²) in [6.45, 7) is 3.50. The first-order valence-corrected chi connectivity index (χ1v) is 4.37. The fraction of sp³-hybridized carbons (Fsp3) is 1.00. The van der Waals surface area contributed by atoms with Crippen LogP contribution >= 0.6 is 0 Å². The second-order valence-electron chi connectivity index (χ2n) is 3.03. The normalized spacial score (nSPS) is 25.6. The van der Waals surface area contributed by atoms with E-state index in [0.717, 1.165) is 6.61 Å². The number of ether oxygens (including phenoxy) is 3. The summed E-state index contributed by atoms with van der Waals surface area (Å²) in [5.41, 5.74) is 0. The molecule has 0 aromatic heterocycles. The van der Waals surface area contributed by atoms with Gasteiger partial charge in [-0.05, 0) is 6.92 Å². The minimum atomic E-state index is -1.12. The second-order valence-corrected chi connectivity index (χ2v) is 3.03. The fourth-order valence-corrected chi connectivity index (χ4v) is 0.746. The van der Waals surface area contributed by atoms with E-state index in [1.54, 1.807) is 0 Å². The van der Waals surface area contributed by atoms with E-state index in [9.17, 15) is 0 Å². The van der Waals surface area contributed by atoms with E-state index in [-0.39, 0.29) is 12.7 Å². The monoisotopic (exact) mass is 192 g/mol. The van der Waals surface area contributed by atoms with Crippen LogP contribution in [-0.2, 0) is 14.2 Å². The predicted octanol–water partition coefficient (Wildman–Crippen LogP) is -0.882. The van der Waals surface area contributed by atoms with Crippen molar-refractivity contribution in [3.05, 3.63) is 0 Å². The van der Waals surface area contributed by atoms with Gasteiger partial charge in [0.2, 0.25) is 0 Å². The van der Waals surface area contributed by atoms with Crippen molar-refractivity contribution in [2.75, 3.05) is 26.4 Å². The van der Waals surface area contributed by atoms with Crippen LogP contribution in [0.4, 0.5) is 0 Å². The Hall–Kier alpha value is -0.200. The summed E-state index contributed by atoms with van der Waals surface area (Å²) in [6, 6.07) is 0. The Balaban J connectivity index is 1.82. The molecule has 0 spiro atoms. The number of aliphatic hydroxyl groups excluding tert-OH is 2. The SMILES string of the molecule is CC(O)C(O)OCCOCC1CO1. The average molecular weight is 192 g/mol. The Bertz CT molecular complexity index is 134. The van der Waals surface area contributed by atoms with E-state index in [0.29, 0.717) is 13.2 Å². The lowest BCUT2D eigenvalue weighted by Gasteiger charge is -2.13. The molecule has 5 heteroatoms. The minimum absolute atomic E-state index is 0.252. The fourth-order valence-electron chi connectivity index (χ4n) is 0.746. The molecule has 3 unspecified atom stereocenters. The van der Waals surface area contributed by atoms with Gasteiger partial charge in [-0.3, -0.25) is 0 Å². The molecule has 1 fully saturated rings. The molecule has 2 N–H and O–H groups in total. The standard InChI is InChI=1S/C8H16O5/c1-6(9)8(10)12-3-2-11-4-7-5-13-7/h6-10H,2-5H2,1H3. The van der Waals surface area contributed by atoms with Gasteiger partial charge in [0.25, 0.3) is 0 Å². The van der Waals surface area contributed by atoms with E-state index >= 15 is 0 Å². The van der Waals surface area contributed by atoms with Gasteiger partial charge >= 0.3 is 0 Å². The van der Waals surface area contributed by atoms with Crippen LogP contribution < -0.4 is 0 Å². The quantitative estimate of drug-likeness (QED) is 0.311. The summed E-state index contributed by atoms with van der Waals surface area (Å²) in [4.78, 5) is 0. The van der Waals surface area contributed by atoms with Crippen molar-refractivity contribution in [3.8, 4) is 0 Å². The van der Waals surface area contributed by atoms with Crippen molar-refractivity contribution in [3.63, 3.8) is 0 Å². The molecule has 1 saturated heterocycles. The maximum Gasteiger partial charge on any atom is 0.180 e. The van der Waals surface area contributed by atoms with Crippen LogP contribution in [0.5, 0.6) is 0 Å². The number of epoxide rings is 1. The molecule has 0 aromatic carbocycles. The first kappa shape index (κ1) is 10.9. The second kappa shape index (κ2) is 5.51. The highest BCUT2D eigenvalue weighted by Crippen LogP contribution is 2.08. The van der Waals surface area contributed by atoms with Crippen LogP contribution in [0.25, 0.3) is 0 Å². The van der Waals surface area contributed by atoms with Gasteiger partial charge in [0, 0.05) is 0 Å². The van der Waals surface area contributed by atoms with Crippen molar-refractivity contribution in [2.45, 2.75) is 25.4 Å². The first-order valence-electron chi connectivity index (χ1n) is 4.37. The maximum atomic E-state index is 8.99. The predicted molar refractivity (Wildman–Crippen MR) is 44.2 cm³/mol. The number of aliphatic hydroxyl groups is 2. The molecule has 1 heterocycles. The van der Waals surface area contributed by atoms with E-state index in [1.165, 1.54) is 6.92 Å². The Morgan fingerprint density at radius 3 is 2.69 bits per heavy atom. The van der Waals surface area contributed by atoms with Crippen LogP contribution in [0, 0.1) is 0 Å². The van der Waals surface area contributed by atoms with Gasteiger partial charge in [0.1, 0.15) is 12.2 Å². The highest BCUT2D eigenvalue weighted by atomic mass is 16.6. The Morgan fingerprint density at radius 2 is 2.15 bits per heavy atom. The van der Waals surface area contributed by atoms with E-state index in [1.807, 2.05) is 0 Å². The van der Waals surface area contributed by atoms with Crippen molar-refractivity contribution < 1.29 is 24.4 Å². The molecule has 0 aromatic rings.